The highest BCUT2D eigenvalue weighted by Crippen LogP contribution is 2.26. The van der Waals surface area contributed by atoms with Crippen LogP contribution in [0.4, 0.5) is 5.69 Å². The van der Waals surface area contributed by atoms with E-state index in [1.54, 1.807) is 4.57 Å². The van der Waals surface area contributed by atoms with Crippen LogP contribution in [0.1, 0.15) is 22.3 Å². The molecule has 4 aromatic rings. The Morgan fingerprint density at radius 1 is 1.10 bits per heavy atom. The number of aromatic nitrogens is 2. The SMILES string of the molecule is Cc1ccc(C)c(-n2c(SCC(=O)Nc3cccc(C)c3C)nc3ccsc3c2=O)c1. The van der Waals surface area contributed by atoms with Crippen LogP contribution in [-0.4, -0.2) is 21.2 Å². The number of thioether (sulfide) groups is 1. The molecular formula is C24H23N3O2S2. The van der Waals surface area contributed by atoms with E-state index in [0.717, 1.165) is 33.6 Å². The Labute approximate surface area is 189 Å². The quantitative estimate of drug-likeness (QED) is 0.327. The zero-order valence-electron chi connectivity index (χ0n) is 17.9. The molecule has 1 N–H and O–H groups in total. The number of benzene rings is 2. The maximum absolute atomic E-state index is 13.3. The first-order valence-corrected chi connectivity index (χ1v) is 11.8. The van der Waals surface area contributed by atoms with Crippen LogP contribution in [0.15, 0.2) is 57.8 Å². The predicted molar refractivity (Wildman–Crippen MR) is 130 cm³/mol. The Hall–Kier alpha value is -2.90. The van der Waals surface area contributed by atoms with Gasteiger partial charge in [-0.3, -0.25) is 14.2 Å². The van der Waals surface area contributed by atoms with E-state index in [2.05, 4.69) is 5.32 Å². The van der Waals surface area contributed by atoms with Crippen molar-refractivity contribution in [2.45, 2.75) is 32.9 Å². The molecular weight excluding hydrogens is 426 g/mol. The van der Waals surface area contributed by atoms with Gasteiger partial charge in [-0.05, 0) is 73.5 Å². The molecule has 0 aliphatic rings. The summed E-state index contributed by atoms with van der Waals surface area (Å²) in [4.78, 5) is 30.7. The number of anilines is 1. The molecule has 0 bridgehead atoms. The summed E-state index contributed by atoms with van der Waals surface area (Å²) in [6.07, 6.45) is 0. The highest BCUT2D eigenvalue weighted by atomic mass is 32.2. The topological polar surface area (TPSA) is 64.0 Å². The van der Waals surface area contributed by atoms with Crippen molar-refractivity contribution in [2.24, 2.45) is 0 Å². The highest BCUT2D eigenvalue weighted by Gasteiger charge is 2.17. The fourth-order valence-corrected chi connectivity index (χ4v) is 4.93. The summed E-state index contributed by atoms with van der Waals surface area (Å²) in [6, 6.07) is 13.7. The molecule has 7 heteroatoms. The van der Waals surface area contributed by atoms with Crippen molar-refractivity contribution in [3.63, 3.8) is 0 Å². The molecule has 4 rings (SSSR count). The molecule has 0 aliphatic carbocycles. The summed E-state index contributed by atoms with van der Waals surface area (Å²) in [5.74, 6) is 0.0197. The number of carbonyl (C=O) groups excluding carboxylic acids is 1. The summed E-state index contributed by atoms with van der Waals surface area (Å²) in [5, 5.41) is 5.36. The minimum atomic E-state index is -0.133. The van der Waals surface area contributed by atoms with Gasteiger partial charge in [0.15, 0.2) is 5.16 Å². The summed E-state index contributed by atoms with van der Waals surface area (Å²) in [6.45, 7) is 7.97. The number of nitrogens with one attached hydrogen (secondary N) is 1. The Bertz CT molecular complexity index is 1350. The van der Waals surface area contributed by atoms with Crippen LogP contribution < -0.4 is 10.9 Å². The van der Waals surface area contributed by atoms with E-state index in [1.165, 1.54) is 23.1 Å². The number of aryl methyl sites for hydroxylation is 3. The van der Waals surface area contributed by atoms with Gasteiger partial charge in [0.2, 0.25) is 5.91 Å². The van der Waals surface area contributed by atoms with Crippen molar-refractivity contribution in [3.05, 3.63) is 80.5 Å². The lowest BCUT2D eigenvalue weighted by atomic mass is 10.1. The number of nitrogens with zero attached hydrogens (tertiary/aromatic N) is 2. The molecule has 0 saturated carbocycles. The van der Waals surface area contributed by atoms with Gasteiger partial charge in [-0.25, -0.2) is 4.98 Å². The van der Waals surface area contributed by atoms with E-state index < -0.39 is 0 Å². The van der Waals surface area contributed by atoms with E-state index in [4.69, 9.17) is 4.98 Å². The Balaban J connectivity index is 1.68. The molecule has 1 amide bonds. The first-order valence-electron chi connectivity index (χ1n) is 9.92. The molecule has 5 nitrogen and oxygen atoms in total. The first-order chi connectivity index (χ1) is 14.8. The predicted octanol–water partition coefficient (Wildman–Crippen LogP) is 5.41. The molecule has 0 radical (unpaired) electrons. The van der Waals surface area contributed by atoms with Crippen LogP contribution in [0.2, 0.25) is 0 Å². The maximum atomic E-state index is 13.3. The number of carbonyl (C=O) groups is 1. The first kappa shape index (κ1) is 21.3. The van der Waals surface area contributed by atoms with Gasteiger partial charge in [0.25, 0.3) is 5.56 Å². The summed E-state index contributed by atoms with van der Waals surface area (Å²) in [7, 11) is 0. The van der Waals surface area contributed by atoms with Crippen molar-refractivity contribution in [1.29, 1.82) is 0 Å². The zero-order valence-corrected chi connectivity index (χ0v) is 19.5. The second-order valence-corrected chi connectivity index (χ2v) is 9.40. The number of hydrogen-bond donors (Lipinski definition) is 1. The Morgan fingerprint density at radius 2 is 1.90 bits per heavy atom. The van der Waals surface area contributed by atoms with Gasteiger partial charge in [0, 0.05) is 5.69 Å². The molecule has 0 saturated heterocycles. The molecule has 0 spiro atoms. The van der Waals surface area contributed by atoms with Gasteiger partial charge in [-0.15, -0.1) is 11.3 Å². The lowest BCUT2D eigenvalue weighted by molar-refractivity contribution is -0.113. The van der Waals surface area contributed by atoms with Crippen molar-refractivity contribution < 1.29 is 4.79 Å². The molecule has 31 heavy (non-hydrogen) atoms. The Kier molecular flexibility index (Phi) is 5.98. The van der Waals surface area contributed by atoms with E-state index in [0.29, 0.717) is 15.4 Å². The van der Waals surface area contributed by atoms with Crippen LogP contribution in [0, 0.1) is 27.7 Å². The van der Waals surface area contributed by atoms with Gasteiger partial charge in [-0.1, -0.05) is 36.0 Å². The van der Waals surface area contributed by atoms with Crippen LogP contribution in [0.5, 0.6) is 0 Å². The van der Waals surface area contributed by atoms with Gasteiger partial charge in [0.05, 0.1) is 17.0 Å². The van der Waals surface area contributed by atoms with Crippen LogP contribution >= 0.6 is 23.1 Å². The second-order valence-electron chi connectivity index (χ2n) is 7.54. The van der Waals surface area contributed by atoms with Crippen molar-refractivity contribution in [2.75, 3.05) is 11.1 Å². The number of fused-ring (bicyclic) bond motifs is 1. The average molecular weight is 450 g/mol. The van der Waals surface area contributed by atoms with Crippen LogP contribution in [0.25, 0.3) is 15.9 Å². The lowest BCUT2D eigenvalue weighted by Crippen LogP contribution is -2.23. The van der Waals surface area contributed by atoms with Gasteiger partial charge >= 0.3 is 0 Å². The number of thiophene rings is 1. The fourth-order valence-electron chi connectivity index (χ4n) is 3.36. The van der Waals surface area contributed by atoms with E-state index in [1.807, 2.05) is 75.5 Å². The average Bonchev–Trinajstić information content (AvgIpc) is 3.21. The smallest absolute Gasteiger partial charge is 0.276 e. The number of amides is 1. The molecule has 158 valence electrons. The minimum absolute atomic E-state index is 0.105. The Morgan fingerprint density at radius 3 is 2.71 bits per heavy atom. The third-order valence-electron chi connectivity index (χ3n) is 5.27. The largest absolute Gasteiger partial charge is 0.325 e. The number of rotatable bonds is 5. The van der Waals surface area contributed by atoms with Gasteiger partial charge < -0.3 is 5.32 Å². The lowest BCUT2D eigenvalue weighted by Gasteiger charge is -2.15. The third kappa shape index (κ3) is 4.29. The molecule has 2 aromatic heterocycles. The van der Waals surface area contributed by atoms with Gasteiger partial charge in [0.1, 0.15) is 4.70 Å². The normalized spacial score (nSPS) is 11.1. The van der Waals surface area contributed by atoms with Crippen molar-refractivity contribution >= 4 is 44.9 Å². The molecule has 0 unspecified atom stereocenters. The zero-order chi connectivity index (χ0) is 22.1. The van der Waals surface area contributed by atoms with Crippen LogP contribution in [0.3, 0.4) is 0 Å². The van der Waals surface area contributed by atoms with Crippen molar-refractivity contribution in [3.8, 4) is 5.69 Å². The molecule has 2 aromatic carbocycles. The highest BCUT2D eigenvalue weighted by molar-refractivity contribution is 7.99. The van der Waals surface area contributed by atoms with Crippen LogP contribution in [-0.2, 0) is 4.79 Å². The third-order valence-corrected chi connectivity index (χ3v) is 7.10. The second kappa shape index (κ2) is 8.69. The standard InChI is InChI=1S/C24H23N3O2S2/c1-14-8-9-16(3)20(12-14)27-23(29)22-19(10-11-30-22)26-24(27)31-13-21(28)25-18-7-5-6-15(2)17(18)4/h5-12H,13H2,1-4H3,(H,25,28). The molecule has 0 atom stereocenters. The molecule has 0 aliphatic heterocycles. The molecule has 2 heterocycles. The monoisotopic (exact) mass is 449 g/mol. The summed E-state index contributed by atoms with van der Waals surface area (Å²) in [5.41, 5.74) is 6.36. The fraction of sp³-hybridized carbons (Fsp3) is 0.208. The van der Waals surface area contributed by atoms with Crippen molar-refractivity contribution in [1.82, 2.24) is 9.55 Å². The summed E-state index contributed by atoms with van der Waals surface area (Å²) < 4.78 is 2.25. The van der Waals surface area contributed by atoms with E-state index >= 15 is 0 Å². The van der Waals surface area contributed by atoms with E-state index in [-0.39, 0.29) is 17.2 Å². The number of hydrogen-bond acceptors (Lipinski definition) is 5. The molecule has 0 fully saturated rings. The minimum Gasteiger partial charge on any atom is -0.325 e. The maximum Gasteiger partial charge on any atom is 0.276 e. The summed E-state index contributed by atoms with van der Waals surface area (Å²) >= 11 is 2.66. The van der Waals surface area contributed by atoms with E-state index in [9.17, 15) is 9.59 Å². The van der Waals surface area contributed by atoms with Gasteiger partial charge in [-0.2, -0.15) is 0 Å².